The molecule has 1 heterocycles. The average molecular weight is 562 g/mol. The molecule has 0 fully saturated rings. The van der Waals surface area contributed by atoms with Crippen molar-refractivity contribution in [3.63, 3.8) is 0 Å². The first-order valence-electron chi connectivity index (χ1n) is 13.3. The summed E-state index contributed by atoms with van der Waals surface area (Å²) in [6.45, 7) is 11.4. The Labute approximate surface area is 240 Å². The molecule has 40 heavy (non-hydrogen) atoms. The molecule has 1 aromatic heterocycles. The maximum atomic E-state index is 13.2. The number of hydrogen-bond donors (Lipinski definition) is 0. The number of aliphatic imine (C=N–C) groups is 1. The fraction of sp³-hybridized carbons (Fsp3) is 0.312. The third kappa shape index (κ3) is 6.59. The molecule has 4 aromatic rings. The van der Waals surface area contributed by atoms with Crippen LogP contribution in [0, 0.1) is 6.92 Å². The van der Waals surface area contributed by atoms with Crippen LogP contribution in [0.1, 0.15) is 44.5 Å². The topological polar surface area (TPSA) is 67.0 Å². The van der Waals surface area contributed by atoms with Crippen LogP contribution in [-0.4, -0.2) is 35.4 Å². The van der Waals surface area contributed by atoms with Gasteiger partial charge in [-0.1, -0.05) is 62.7 Å². The Bertz CT molecular complexity index is 1530. The van der Waals surface area contributed by atoms with E-state index in [2.05, 4.69) is 37.9 Å². The van der Waals surface area contributed by atoms with E-state index in [1.165, 1.54) is 5.56 Å². The van der Waals surface area contributed by atoms with Crippen LogP contribution < -0.4 is 19.8 Å². The molecule has 0 N–H and O–H groups in total. The molecule has 0 aliphatic heterocycles. The first-order valence-corrected chi connectivity index (χ1v) is 13.7. The highest BCUT2D eigenvalue weighted by Crippen LogP contribution is 2.36. The zero-order valence-corrected chi connectivity index (χ0v) is 24.7. The normalized spacial score (nSPS) is 11.7. The van der Waals surface area contributed by atoms with E-state index < -0.39 is 0 Å². The van der Waals surface area contributed by atoms with Gasteiger partial charge >= 0.3 is 0 Å². The van der Waals surface area contributed by atoms with E-state index in [1.54, 1.807) is 27.7 Å². The summed E-state index contributed by atoms with van der Waals surface area (Å²) in [6, 6.07) is 21.1. The van der Waals surface area contributed by atoms with Crippen LogP contribution in [0.4, 0.5) is 5.69 Å². The van der Waals surface area contributed by atoms with Crippen molar-refractivity contribution in [3.8, 4) is 22.9 Å². The molecule has 0 aliphatic carbocycles. The number of rotatable bonds is 10. The summed E-state index contributed by atoms with van der Waals surface area (Å²) < 4.78 is 21.0. The molecule has 0 spiro atoms. The Hall–Kier alpha value is -3.97. The van der Waals surface area contributed by atoms with Crippen LogP contribution in [-0.2, 0) is 12.5 Å². The second-order valence-corrected chi connectivity index (χ2v) is 10.8. The number of hydrogen-bond acceptors (Lipinski definition) is 5. The van der Waals surface area contributed by atoms with Crippen LogP contribution in [0.3, 0.4) is 0 Å². The molecule has 0 saturated heterocycles. The summed E-state index contributed by atoms with van der Waals surface area (Å²) in [5.41, 5.74) is 3.69. The number of aromatic nitrogens is 2. The highest BCUT2D eigenvalue weighted by molar-refractivity contribution is 6.32. The Morgan fingerprint density at radius 1 is 0.950 bits per heavy atom. The van der Waals surface area contributed by atoms with E-state index in [1.807, 2.05) is 63.4 Å². The maximum Gasteiger partial charge on any atom is 0.297 e. The lowest BCUT2D eigenvalue weighted by Gasteiger charge is -2.19. The molecular formula is C32H36ClN3O4. The first-order chi connectivity index (χ1) is 19.1. The quantitative estimate of drug-likeness (QED) is 0.154. The summed E-state index contributed by atoms with van der Waals surface area (Å²) in [6.07, 6.45) is 1.61. The fourth-order valence-electron chi connectivity index (χ4n) is 4.26. The van der Waals surface area contributed by atoms with E-state index in [-0.39, 0.29) is 17.6 Å². The van der Waals surface area contributed by atoms with Gasteiger partial charge in [0, 0.05) is 13.3 Å². The van der Waals surface area contributed by atoms with E-state index in [9.17, 15) is 4.79 Å². The number of para-hydroxylation sites is 1. The Balaban J connectivity index is 1.48. The van der Waals surface area contributed by atoms with Gasteiger partial charge in [-0.3, -0.25) is 9.48 Å². The summed E-state index contributed by atoms with van der Waals surface area (Å²) in [7, 11) is 1.84. The van der Waals surface area contributed by atoms with Crippen LogP contribution >= 0.6 is 11.6 Å². The van der Waals surface area contributed by atoms with Gasteiger partial charge in [0.25, 0.3) is 5.56 Å². The van der Waals surface area contributed by atoms with Crippen molar-refractivity contribution in [2.75, 3.05) is 19.8 Å². The lowest BCUT2D eigenvalue weighted by atomic mass is 9.87. The van der Waals surface area contributed by atoms with Gasteiger partial charge in [0.05, 0.1) is 23.0 Å². The largest absolute Gasteiger partial charge is 0.490 e. The molecule has 0 atom stereocenters. The van der Waals surface area contributed by atoms with Crippen molar-refractivity contribution in [1.29, 1.82) is 0 Å². The van der Waals surface area contributed by atoms with Gasteiger partial charge in [-0.2, -0.15) is 0 Å². The van der Waals surface area contributed by atoms with Gasteiger partial charge < -0.3 is 14.2 Å². The average Bonchev–Trinajstić information content (AvgIpc) is 3.14. The van der Waals surface area contributed by atoms with Crippen molar-refractivity contribution in [2.45, 2.75) is 40.0 Å². The summed E-state index contributed by atoms with van der Waals surface area (Å²) in [4.78, 5) is 17.7. The van der Waals surface area contributed by atoms with Crippen molar-refractivity contribution in [1.82, 2.24) is 9.36 Å². The molecule has 3 aromatic carbocycles. The van der Waals surface area contributed by atoms with Gasteiger partial charge in [-0.25, -0.2) is 9.67 Å². The van der Waals surface area contributed by atoms with E-state index >= 15 is 0 Å². The second kappa shape index (κ2) is 12.5. The van der Waals surface area contributed by atoms with E-state index in [0.717, 1.165) is 17.1 Å². The lowest BCUT2D eigenvalue weighted by Crippen LogP contribution is -2.19. The Kier molecular flexibility index (Phi) is 9.05. The second-order valence-electron chi connectivity index (χ2n) is 10.4. The minimum Gasteiger partial charge on any atom is -0.490 e. The lowest BCUT2D eigenvalue weighted by molar-refractivity contribution is 0.208. The molecule has 0 aliphatic rings. The SMILES string of the molecule is CCOc1cc(C=Nc2c(C)n(C)n(-c3ccccc3)c2=O)cc(Cl)c1OCCOc1ccc(C(C)(C)C)cc1. The molecule has 210 valence electrons. The zero-order chi connectivity index (χ0) is 28.9. The smallest absolute Gasteiger partial charge is 0.297 e. The van der Waals surface area contributed by atoms with Gasteiger partial charge in [0.1, 0.15) is 19.0 Å². The molecular weight excluding hydrogens is 526 g/mol. The van der Waals surface area contributed by atoms with Gasteiger partial charge in [-0.05, 0) is 66.8 Å². The van der Waals surface area contributed by atoms with Crippen LogP contribution in [0.25, 0.3) is 5.69 Å². The third-order valence-electron chi connectivity index (χ3n) is 6.52. The highest BCUT2D eigenvalue weighted by atomic mass is 35.5. The molecule has 0 radical (unpaired) electrons. The highest BCUT2D eigenvalue weighted by Gasteiger charge is 2.17. The molecule has 7 nitrogen and oxygen atoms in total. The number of ether oxygens (including phenoxy) is 3. The van der Waals surface area contributed by atoms with Crippen LogP contribution in [0.5, 0.6) is 17.2 Å². The van der Waals surface area contributed by atoms with E-state index in [0.29, 0.717) is 41.0 Å². The van der Waals surface area contributed by atoms with Crippen molar-refractivity contribution in [2.24, 2.45) is 12.0 Å². The molecule has 0 unspecified atom stereocenters. The number of halogens is 1. The van der Waals surface area contributed by atoms with E-state index in [4.69, 9.17) is 25.8 Å². The molecule has 0 amide bonds. The van der Waals surface area contributed by atoms with Crippen LogP contribution in [0.2, 0.25) is 5.02 Å². The minimum absolute atomic E-state index is 0.0895. The predicted molar refractivity (Wildman–Crippen MR) is 162 cm³/mol. The van der Waals surface area contributed by atoms with Crippen molar-refractivity contribution < 1.29 is 14.2 Å². The number of nitrogens with zero attached hydrogens (tertiary/aromatic N) is 3. The number of benzene rings is 3. The fourth-order valence-corrected chi connectivity index (χ4v) is 4.54. The summed E-state index contributed by atoms with van der Waals surface area (Å²) in [5, 5.41) is 0.383. The molecule has 8 heteroatoms. The summed E-state index contributed by atoms with van der Waals surface area (Å²) in [5.74, 6) is 1.72. The first kappa shape index (κ1) is 29.0. The Morgan fingerprint density at radius 3 is 2.27 bits per heavy atom. The standard InChI is InChI=1S/C32H36ClN3O4/c1-7-38-28-20-23(21-34-29-22(2)35(6)36(31(29)37)25-11-9-8-10-12-25)19-27(33)30(28)40-18-17-39-26-15-13-24(14-16-26)32(3,4)5/h8-16,19-21H,7,17-18H2,1-6H3. The van der Waals surface area contributed by atoms with Gasteiger partial charge in [-0.15, -0.1) is 0 Å². The van der Waals surface area contributed by atoms with Crippen LogP contribution in [0.15, 0.2) is 76.5 Å². The monoisotopic (exact) mass is 561 g/mol. The van der Waals surface area contributed by atoms with Gasteiger partial charge in [0.2, 0.25) is 0 Å². The molecule has 0 saturated carbocycles. The van der Waals surface area contributed by atoms with Crippen molar-refractivity contribution in [3.05, 3.63) is 98.9 Å². The third-order valence-corrected chi connectivity index (χ3v) is 6.80. The predicted octanol–water partition coefficient (Wildman–Crippen LogP) is 7.04. The van der Waals surface area contributed by atoms with Gasteiger partial charge in [0.15, 0.2) is 17.2 Å². The minimum atomic E-state index is -0.202. The zero-order valence-electron chi connectivity index (χ0n) is 23.9. The Morgan fingerprint density at radius 2 is 1.62 bits per heavy atom. The summed E-state index contributed by atoms with van der Waals surface area (Å²) >= 11 is 6.60. The molecule has 0 bridgehead atoms. The molecule has 4 rings (SSSR count). The maximum absolute atomic E-state index is 13.2. The van der Waals surface area contributed by atoms with Crippen molar-refractivity contribution >= 4 is 23.5 Å².